The van der Waals surface area contributed by atoms with Crippen LogP contribution in [-0.4, -0.2) is 10.9 Å². The number of amides is 1. The lowest BCUT2D eigenvalue weighted by Gasteiger charge is -2.23. The minimum Gasteiger partial charge on any atom is -0.380 e. The number of carbonyl (C=O) groups excluding carboxylic acids is 1. The molecule has 2 N–H and O–H groups in total. The highest BCUT2D eigenvalue weighted by Crippen LogP contribution is 2.27. The largest absolute Gasteiger partial charge is 0.380 e. The summed E-state index contributed by atoms with van der Waals surface area (Å²) in [7, 11) is 0. The van der Waals surface area contributed by atoms with Crippen LogP contribution in [0.15, 0.2) is 42.6 Å². The number of aromatic nitrogens is 1. The van der Waals surface area contributed by atoms with Gasteiger partial charge in [-0.3, -0.25) is 4.79 Å². The molecular weight excluding hydrogens is 274 g/mol. The van der Waals surface area contributed by atoms with Gasteiger partial charge >= 0.3 is 0 Å². The molecule has 1 heterocycles. The van der Waals surface area contributed by atoms with Crippen molar-refractivity contribution in [1.29, 1.82) is 0 Å². The van der Waals surface area contributed by atoms with Crippen molar-refractivity contribution in [3.8, 4) is 0 Å². The van der Waals surface area contributed by atoms with Crippen molar-refractivity contribution in [2.75, 3.05) is 10.6 Å². The molecule has 1 aliphatic rings. The van der Waals surface area contributed by atoms with E-state index in [4.69, 9.17) is 0 Å². The number of rotatable bonds is 5. The van der Waals surface area contributed by atoms with Gasteiger partial charge in [0.2, 0.25) is 5.91 Å². The van der Waals surface area contributed by atoms with Crippen molar-refractivity contribution in [2.45, 2.75) is 32.7 Å². The van der Waals surface area contributed by atoms with Crippen LogP contribution in [0, 0.1) is 12.8 Å². The predicted molar refractivity (Wildman–Crippen MR) is 88.7 cm³/mol. The van der Waals surface area contributed by atoms with Crippen LogP contribution in [0.2, 0.25) is 0 Å². The van der Waals surface area contributed by atoms with Crippen molar-refractivity contribution in [3.63, 3.8) is 0 Å². The van der Waals surface area contributed by atoms with Gasteiger partial charge in [0.05, 0.1) is 11.9 Å². The Hall–Kier alpha value is -2.36. The quantitative estimate of drug-likeness (QED) is 0.883. The van der Waals surface area contributed by atoms with Gasteiger partial charge in [-0.1, -0.05) is 30.7 Å². The zero-order chi connectivity index (χ0) is 15.4. The van der Waals surface area contributed by atoms with E-state index in [1.165, 1.54) is 11.1 Å². The molecule has 1 aromatic heterocycles. The van der Waals surface area contributed by atoms with Crippen molar-refractivity contribution in [3.05, 3.63) is 53.7 Å². The fraction of sp³-hybridized carbons (Fsp3) is 0.333. The first-order valence-corrected chi connectivity index (χ1v) is 7.77. The molecular formula is C18H21N3O. The third-order valence-corrected chi connectivity index (χ3v) is 4.23. The van der Waals surface area contributed by atoms with Crippen LogP contribution >= 0.6 is 0 Å². The number of hydrogen-bond acceptors (Lipinski definition) is 3. The Bertz CT molecular complexity index is 648. The fourth-order valence-corrected chi connectivity index (χ4v) is 2.48. The first-order valence-electron chi connectivity index (χ1n) is 7.77. The lowest BCUT2D eigenvalue weighted by atomic mass is 9.85. The van der Waals surface area contributed by atoms with Crippen molar-refractivity contribution in [1.82, 2.24) is 4.98 Å². The highest BCUT2D eigenvalue weighted by Gasteiger charge is 2.25. The minimum atomic E-state index is 0.0966. The normalized spacial score (nSPS) is 14.2. The van der Waals surface area contributed by atoms with E-state index in [1.807, 2.05) is 24.3 Å². The van der Waals surface area contributed by atoms with Crippen LogP contribution in [0.3, 0.4) is 0 Å². The first kappa shape index (κ1) is 14.6. The van der Waals surface area contributed by atoms with Crippen LogP contribution < -0.4 is 10.6 Å². The summed E-state index contributed by atoms with van der Waals surface area (Å²) >= 11 is 0. The van der Waals surface area contributed by atoms with E-state index in [1.54, 1.807) is 6.20 Å². The number of aryl methyl sites for hydroxylation is 1. The maximum Gasteiger partial charge on any atom is 0.228 e. The molecule has 1 amide bonds. The standard InChI is InChI=1S/C18H21N3O/c1-13-5-2-3-6-15(13)11-19-16-9-10-17(20-12-16)21-18(22)14-7-4-8-14/h2-3,5-6,9-10,12,14,19H,4,7-8,11H2,1H3,(H,20,21,22). The van der Waals surface area contributed by atoms with E-state index in [0.29, 0.717) is 5.82 Å². The number of nitrogens with one attached hydrogen (secondary N) is 2. The number of benzene rings is 1. The molecule has 0 radical (unpaired) electrons. The first-order chi connectivity index (χ1) is 10.7. The molecule has 1 fully saturated rings. The maximum absolute atomic E-state index is 11.9. The molecule has 4 heteroatoms. The molecule has 0 saturated heterocycles. The van der Waals surface area contributed by atoms with Crippen molar-refractivity contribution >= 4 is 17.4 Å². The molecule has 3 rings (SSSR count). The Kier molecular flexibility index (Phi) is 4.37. The van der Waals surface area contributed by atoms with Crippen molar-refractivity contribution < 1.29 is 4.79 Å². The number of nitrogens with zero attached hydrogens (tertiary/aromatic N) is 1. The van der Waals surface area contributed by atoms with Gasteiger partial charge in [-0.05, 0) is 43.0 Å². The molecule has 114 valence electrons. The second-order valence-corrected chi connectivity index (χ2v) is 5.83. The van der Waals surface area contributed by atoms with Gasteiger partial charge in [0.15, 0.2) is 0 Å². The number of carbonyl (C=O) groups is 1. The Labute approximate surface area is 131 Å². The Morgan fingerprint density at radius 1 is 1.23 bits per heavy atom. The van der Waals surface area contributed by atoms with E-state index in [2.05, 4.69) is 34.7 Å². The highest BCUT2D eigenvalue weighted by molar-refractivity contribution is 5.92. The monoisotopic (exact) mass is 295 g/mol. The summed E-state index contributed by atoms with van der Waals surface area (Å²) in [5, 5.41) is 6.23. The summed E-state index contributed by atoms with van der Waals surface area (Å²) in [6.45, 7) is 2.87. The lowest BCUT2D eigenvalue weighted by Crippen LogP contribution is -2.28. The third-order valence-electron chi connectivity index (χ3n) is 4.23. The van der Waals surface area contributed by atoms with Crippen molar-refractivity contribution in [2.24, 2.45) is 5.92 Å². The smallest absolute Gasteiger partial charge is 0.228 e. The highest BCUT2D eigenvalue weighted by atomic mass is 16.2. The SMILES string of the molecule is Cc1ccccc1CNc1ccc(NC(=O)C2CCC2)nc1. The van der Waals surface area contributed by atoms with Crippen LogP contribution in [0.1, 0.15) is 30.4 Å². The van der Waals surface area contributed by atoms with Gasteiger partial charge in [0.1, 0.15) is 5.82 Å². The summed E-state index contributed by atoms with van der Waals surface area (Å²) in [5.41, 5.74) is 3.49. The van der Waals surface area contributed by atoms with E-state index < -0.39 is 0 Å². The second-order valence-electron chi connectivity index (χ2n) is 5.83. The fourth-order valence-electron chi connectivity index (χ4n) is 2.48. The molecule has 22 heavy (non-hydrogen) atoms. The number of hydrogen-bond donors (Lipinski definition) is 2. The van der Waals surface area contributed by atoms with E-state index in [9.17, 15) is 4.79 Å². The molecule has 0 unspecified atom stereocenters. The van der Waals surface area contributed by atoms with Gasteiger partial charge in [0.25, 0.3) is 0 Å². The molecule has 0 atom stereocenters. The molecule has 4 nitrogen and oxygen atoms in total. The molecule has 1 aliphatic carbocycles. The van der Waals surface area contributed by atoms with E-state index in [-0.39, 0.29) is 11.8 Å². The lowest BCUT2D eigenvalue weighted by molar-refractivity contribution is -0.122. The molecule has 0 spiro atoms. The van der Waals surface area contributed by atoms with Gasteiger partial charge < -0.3 is 10.6 Å². The van der Waals surface area contributed by atoms with E-state index in [0.717, 1.165) is 31.5 Å². The summed E-state index contributed by atoms with van der Waals surface area (Å²) < 4.78 is 0. The van der Waals surface area contributed by atoms with Crippen LogP contribution in [0.4, 0.5) is 11.5 Å². The van der Waals surface area contributed by atoms with Gasteiger partial charge in [0, 0.05) is 12.5 Å². The summed E-state index contributed by atoms with van der Waals surface area (Å²) in [4.78, 5) is 16.2. The summed E-state index contributed by atoms with van der Waals surface area (Å²) in [6, 6.07) is 12.1. The molecule has 1 saturated carbocycles. The minimum absolute atomic E-state index is 0.0966. The summed E-state index contributed by atoms with van der Waals surface area (Å²) in [5.74, 6) is 0.901. The maximum atomic E-state index is 11.9. The van der Waals surface area contributed by atoms with Crippen LogP contribution in [0.5, 0.6) is 0 Å². The predicted octanol–water partition coefficient (Wildman–Crippen LogP) is 3.74. The topological polar surface area (TPSA) is 54.0 Å². The van der Waals surface area contributed by atoms with Crippen LogP contribution in [-0.2, 0) is 11.3 Å². The Balaban J connectivity index is 1.55. The van der Waals surface area contributed by atoms with Gasteiger partial charge in [-0.15, -0.1) is 0 Å². The third kappa shape index (κ3) is 3.45. The Morgan fingerprint density at radius 2 is 2.05 bits per heavy atom. The zero-order valence-electron chi connectivity index (χ0n) is 12.8. The molecule has 1 aromatic carbocycles. The molecule has 0 bridgehead atoms. The Morgan fingerprint density at radius 3 is 2.68 bits per heavy atom. The zero-order valence-corrected chi connectivity index (χ0v) is 12.8. The summed E-state index contributed by atoms with van der Waals surface area (Å²) in [6.07, 6.45) is 4.92. The molecule has 0 aliphatic heterocycles. The average Bonchev–Trinajstić information content (AvgIpc) is 2.46. The number of anilines is 2. The van der Waals surface area contributed by atoms with E-state index >= 15 is 0 Å². The number of pyridine rings is 1. The average molecular weight is 295 g/mol. The van der Waals surface area contributed by atoms with Crippen LogP contribution in [0.25, 0.3) is 0 Å². The second kappa shape index (κ2) is 6.60. The molecule has 2 aromatic rings. The van der Waals surface area contributed by atoms with Gasteiger partial charge in [-0.2, -0.15) is 0 Å². The van der Waals surface area contributed by atoms with Gasteiger partial charge in [-0.25, -0.2) is 4.98 Å².